The number of piperidine rings is 1. The number of ether oxygens (including phenoxy) is 1. The summed E-state index contributed by atoms with van der Waals surface area (Å²) >= 11 is 1.61. The molecule has 0 radical (unpaired) electrons. The van der Waals surface area contributed by atoms with E-state index in [1.807, 2.05) is 13.8 Å². The third-order valence-corrected chi connectivity index (χ3v) is 6.25. The second-order valence-corrected chi connectivity index (χ2v) is 8.42. The van der Waals surface area contributed by atoms with Crippen LogP contribution in [0.2, 0.25) is 0 Å². The first-order valence-corrected chi connectivity index (χ1v) is 10.5. The fraction of sp³-hybridized carbons (Fsp3) is 0.450. The number of rotatable bonds is 5. The van der Waals surface area contributed by atoms with Crippen molar-refractivity contribution in [1.29, 1.82) is 0 Å². The first-order chi connectivity index (χ1) is 14.0. The minimum atomic E-state index is -0.0637. The first-order valence-electron chi connectivity index (χ1n) is 9.68. The number of methoxy groups -OCH3 is 1. The Morgan fingerprint density at radius 2 is 1.97 bits per heavy atom. The van der Waals surface area contributed by atoms with E-state index in [1.54, 1.807) is 47.5 Å². The molecule has 0 bridgehead atoms. The van der Waals surface area contributed by atoms with Gasteiger partial charge >= 0.3 is 0 Å². The van der Waals surface area contributed by atoms with Crippen molar-refractivity contribution >= 4 is 17.3 Å². The van der Waals surface area contributed by atoms with E-state index in [9.17, 15) is 4.79 Å². The minimum Gasteiger partial charge on any atom is -0.481 e. The smallest absolute Gasteiger partial charge is 0.266 e. The molecule has 1 saturated heterocycles. The molecule has 8 nitrogen and oxygen atoms in total. The van der Waals surface area contributed by atoms with Crippen molar-refractivity contribution in [3.8, 4) is 16.5 Å². The number of thiazole rings is 1. The van der Waals surface area contributed by atoms with Gasteiger partial charge in [0.15, 0.2) is 0 Å². The summed E-state index contributed by atoms with van der Waals surface area (Å²) in [6.07, 6.45) is 3.63. The van der Waals surface area contributed by atoms with Crippen LogP contribution in [0.5, 0.6) is 5.88 Å². The van der Waals surface area contributed by atoms with Gasteiger partial charge in [0.1, 0.15) is 5.69 Å². The first kappa shape index (κ1) is 19.5. The maximum absolute atomic E-state index is 12.4. The summed E-state index contributed by atoms with van der Waals surface area (Å²) < 4.78 is 6.79. The van der Waals surface area contributed by atoms with Crippen molar-refractivity contribution in [2.75, 3.05) is 25.1 Å². The average molecular weight is 413 g/mol. The largest absolute Gasteiger partial charge is 0.481 e. The van der Waals surface area contributed by atoms with E-state index in [0.717, 1.165) is 47.2 Å². The zero-order chi connectivity index (χ0) is 20.4. The Balaban J connectivity index is 1.45. The molecule has 29 heavy (non-hydrogen) atoms. The standard InChI is InChI=1S/C20H24N6O2S/c1-13-19(29-14(2)22-13)16-4-5-18(27)26(24-16)12-15-7-10-25(11-8-15)20-21-9-6-17(23-20)28-3/h4-6,9,15H,7-8,10-12H2,1-3H3. The Bertz CT molecular complexity index is 1060. The molecular weight excluding hydrogens is 388 g/mol. The van der Waals surface area contributed by atoms with E-state index in [4.69, 9.17) is 4.74 Å². The van der Waals surface area contributed by atoms with E-state index < -0.39 is 0 Å². The summed E-state index contributed by atoms with van der Waals surface area (Å²) in [5, 5.41) is 5.63. The molecule has 3 aromatic rings. The molecule has 0 saturated carbocycles. The second kappa shape index (κ2) is 8.28. The molecule has 0 amide bonds. The summed E-state index contributed by atoms with van der Waals surface area (Å²) in [7, 11) is 1.60. The molecule has 1 aliphatic heterocycles. The average Bonchev–Trinajstić information content (AvgIpc) is 3.08. The Kier molecular flexibility index (Phi) is 5.57. The van der Waals surface area contributed by atoms with Crippen LogP contribution in [0.4, 0.5) is 5.95 Å². The zero-order valence-electron chi connectivity index (χ0n) is 16.8. The molecular formula is C20H24N6O2S. The van der Waals surface area contributed by atoms with Crippen LogP contribution >= 0.6 is 11.3 Å². The van der Waals surface area contributed by atoms with Gasteiger partial charge in [-0.2, -0.15) is 10.1 Å². The lowest BCUT2D eigenvalue weighted by molar-refractivity contribution is 0.333. The summed E-state index contributed by atoms with van der Waals surface area (Å²) in [6.45, 7) is 6.28. The Hall–Kier alpha value is -2.81. The second-order valence-electron chi connectivity index (χ2n) is 7.22. The summed E-state index contributed by atoms with van der Waals surface area (Å²) in [5.74, 6) is 1.65. The van der Waals surface area contributed by atoms with Gasteiger partial charge < -0.3 is 9.64 Å². The fourth-order valence-corrected chi connectivity index (χ4v) is 4.51. The molecule has 152 valence electrons. The topological polar surface area (TPSA) is 86.0 Å². The van der Waals surface area contributed by atoms with Crippen LogP contribution in [0.25, 0.3) is 10.6 Å². The van der Waals surface area contributed by atoms with Crippen molar-refractivity contribution in [1.82, 2.24) is 24.7 Å². The van der Waals surface area contributed by atoms with Gasteiger partial charge in [-0.15, -0.1) is 11.3 Å². The van der Waals surface area contributed by atoms with Gasteiger partial charge in [-0.25, -0.2) is 14.6 Å². The van der Waals surface area contributed by atoms with Crippen molar-refractivity contribution in [2.45, 2.75) is 33.2 Å². The predicted octanol–water partition coefficient (Wildman–Crippen LogP) is 2.70. The van der Waals surface area contributed by atoms with Gasteiger partial charge in [0, 0.05) is 38.0 Å². The number of hydrogen-bond acceptors (Lipinski definition) is 8. The van der Waals surface area contributed by atoms with Crippen molar-refractivity contribution in [3.63, 3.8) is 0 Å². The molecule has 0 aliphatic carbocycles. The molecule has 0 spiro atoms. The Morgan fingerprint density at radius 1 is 1.17 bits per heavy atom. The normalized spacial score (nSPS) is 14.9. The molecule has 0 atom stereocenters. The van der Waals surface area contributed by atoms with Gasteiger partial charge in [0.25, 0.3) is 5.56 Å². The predicted molar refractivity (Wildman–Crippen MR) is 113 cm³/mol. The lowest BCUT2D eigenvalue weighted by atomic mass is 9.97. The van der Waals surface area contributed by atoms with Gasteiger partial charge in [-0.3, -0.25) is 4.79 Å². The highest BCUT2D eigenvalue weighted by molar-refractivity contribution is 7.15. The van der Waals surface area contributed by atoms with Crippen LogP contribution in [0.3, 0.4) is 0 Å². The van der Waals surface area contributed by atoms with Crippen molar-refractivity contribution < 1.29 is 4.74 Å². The molecule has 4 heterocycles. The van der Waals surface area contributed by atoms with E-state index in [2.05, 4.69) is 25.0 Å². The Labute approximate surface area is 173 Å². The van der Waals surface area contributed by atoms with Crippen molar-refractivity contribution in [3.05, 3.63) is 45.5 Å². The number of anilines is 1. The maximum Gasteiger partial charge on any atom is 0.266 e. The molecule has 9 heteroatoms. The molecule has 4 rings (SSSR count). The summed E-state index contributed by atoms with van der Waals surface area (Å²) in [6, 6.07) is 5.14. The van der Waals surface area contributed by atoms with Crippen LogP contribution in [0.1, 0.15) is 23.5 Å². The lowest BCUT2D eigenvalue weighted by Gasteiger charge is -2.32. The molecule has 3 aromatic heterocycles. The van der Waals surface area contributed by atoms with Crippen molar-refractivity contribution in [2.24, 2.45) is 5.92 Å². The van der Waals surface area contributed by atoms with E-state index in [-0.39, 0.29) is 5.56 Å². The van der Waals surface area contributed by atoms with Gasteiger partial charge in [0.05, 0.1) is 22.7 Å². The van der Waals surface area contributed by atoms with Gasteiger partial charge in [-0.1, -0.05) is 0 Å². The quantitative estimate of drug-likeness (QED) is 0.637. The number of nitrogens with zero attached hydrogens (tertiary/aromatic N) is 6. The molecule has 1 aliphatic rings. The molecule has 1 fully saturated rings. The van der Waals surface area contributed by atoms with E-state index >= 15 is 0 Å². The lowest BCUT2D eigenvalue weighted by Crippen LogP contribution is -2.37. The van der Waals surface area contributed by atoms with Crippen LogP contribution in [-0.4, -0.2) is 44.9 Å². The number of aryl methyl sites for hydroxylation is 2. The van der Waals surface area contributed by atoms with E-state index in [1.165, 1.54) is 0 Å². The number of hydrogen-bond donors (Lipinski definition) is 0. The fourth-order valence-electron chi connectivity index (χ4n) is 3.63. The highest BCUT2D eigenvalue weighted by atomic mass is 32.1. The van der Waals surface area contributed by atoms with Crippen LogP contribution in [-0.2, 0) is 6.54 Å². The third kappa shape index (κ3) is 4.29. The summed E-state index contributed by atoms with van der Waals surface area (Å²) in [5.41, 5.74) is 1.71. The van der Waals surface area contributed by atoms with Gasteiger partial charge in [0.2, 0.25) is 11.8 Å². The zero-order valence-corrected chi connectivity index (χ0v) is 17.6. The Morgan fingerprint density at radius 3 is 2.66 bits per heavy atom. The molecule has 0 unspecified atom stereocenters. The number of aromatic nitrogens is 5. The minimum absolute atomic E-state index is 0.0637. The SMILES string of the molecule is COc1ccnc(N2CCC(Cn3nc(-c4sc(C)nc4C)ccc3=O)CC2)n1. The monoisotopic (exact) mass is 412 g/mol. The maximum atomic E-state index is 12.4. The highest BCUT2D eigenvalue weighted by Gasteiger charge is 2.22. The van der Waals surface area contributed by atoms with Gasteiger partial charge in [-0.05, 0) is 38.7 Å². The third-order valence-electron chi connectivity index (χ3n) is 5.16. The van der Waals surface area contributed by atoms with Crippen LogP contribution in [0, 0.1) is 19.8 Å². The summed E-state index contributed by atoms with van der Waals surface area (Å²) in [4.78, 5) is 28.8. The highest BCUT2D eigenvalue weighted by Crippen LogP contribution is 2.28. The molecule has 0 N–H and O–H groups in total. The molecule has 0 aromatic carbocycles. The van der Waals surface area contributed by atoms with Crippen LogP contribution < -0.4 is 15.2 Å². The van der Waals surface area contributed by atoms with Crippen LogP contribution in [0.15, 0.2) is 29.2 Å². The van der Waals surface area contributed by atoms with E-state index in [0.29, 0.717) is 24.3 Å².